The molecule has 15 heavy (non-hydrogen) atoms. The van der Waals surface area contributed by atoms with E-state index in [9.17, 15) is 4.79 Å². The van der Waals surface area contributed by atoms with Gasteiger partial charge in [-0.05, 0) is 6.42 Å². The summed E-state index contributed by atoms with van der Waals surface area (Å²) >= 11 is 0. The second-order valence-corrected chi connectivity index (χ2v) is 3.79. The van der Waals surface area contributed by atoms with Crippen LogP contribution in [0.5, 0.6) is 0 Å². The van der Waals surface area contributed by atoms with E-state index in [2.05, 4.69) is 20.6 Å². The van der Waals surface area contributed by atoms with Crippen LogP contribution in [0.1, 0.15) is 12.2 Å². The number of amides is 1. The highest BCUT2D eigenvalue weighted by molar-refractivity contribution is 5.79. The molecule has 1 amide bonds. The number of hydrogen-bond acceptors (Lipinski definition) is 3. The van der Waals surface area contributed by atoms with Gasteiger partial charge < -0.3 is 15.6 Å². The van der Waals surface area contributed by atoms with Crippen molar-refractivity contribution >= 4 is 5.91 Å². The van der Waals surface area contributed by atoms with Crippen LogP contribution in [0.25, 0.3) is 0 Å². The Morgan fingerprint density at radius 3 is 3.07 bits per heavy atom. The van der Waals surface area contributed by atoms with Crippen molar-refractivity contribution in [1.29, 1.82) is 0 Å². The molecule has 0 radical (unpaired) electrons. The second kappa shape index (κ2) is 4.93. The first kappa shape index (κ1) is 10.2. The summed E-state index contributed by atoms with van der Waals surface area (Å²) in [6, 6.07) is 0. The summed E-state index contributed by atoms with van der Waals surface area (Å²) in [6.45, 7) is 2.38. The summed E-state index contributed by atoms with van der Waals surface area (Å²) in [5.74, 6) is 1.34. The molecule has 1 aliphatic heterocycles. The van der Waals surface area contributed by atoms with Gasteiger partial charge in [0.15, 0.2) is 0 Å². The zero-order valence-corrected chi connectivity index (χ0v) is 8.62. The van der Waals surface area contributed by atoms with Crippen LogP contribution in [0.2, 0.25) is 0 Å². The first-order chi connectivity index (χ1) is 7.36. The molecular formula is C10H16N4O. The Labute approximate surface area is 88.7 Å². The topological polar surface area (TPSA) is 69.8 Å². The zero-order chi connectivity index (χ0) is 10.5. The molecule has 5 nitrogen and oxygen atoms in total. The Bertz CT molecular complexity index is 305. The minimum atomic E-state index is 0.174. The van der Waals surface area contributed by atoms with Crippen molar-refractivity contribution < 1.29 is 4.79 Å². The molecule has 82 valence electrons. The first-order valence-electron chi connectivity index (χ1n) is 5.33. The smallest absolute Gasteiger partial charge is 0.225 e. The zero-order valence-electron chi connectivity index (χ0n) is 8.62. The van der Waals surface area contributed by atoms with Crippen molar-refractivity contribution in [3.8, 4) is 0 Å². The van der Waals surface area contributed by atoms with Crippen LogP contribution in [0.15, 0.2) is 12.4 Å². The van der Waals surface area contributed by atoms with E-state index in [1.165, 1.54) is 0 Å². The molecule has 1 aromatic rings. The van der Waals surface area contributed by atoms with Crippen LogP contribution in [0, 0.1) is 5.92 Å². The summed E-state index contributed by atoms with van der Waals surface area (Å²) < 4.78 is 0. The highest BCUT2D eigenvalue weighted by Crippen LogP contribution is 2.02. The quantitative estimate of drug-likeness (QED) is 0.581. The van der Waals surface area contributed by atoms with Crippen molar-refractivity contribution in [3.05, 3.63) is 18.2 Å². The van der Waals surface area contributed by atoms with Crippen molar-refractivity contribution in [1.82, 2.24) is 20.6 Å². The molecule has 1 aliphatic rings. The summed E-state index contributed by atoms with van der Waals surface area (Å²) in [5.41, 5.74) is 0. The van der Waals surface area contributed by atoms with E-state index in [4.69, 9.17) is 0 Å². The predicted octanol–water partition coefficient (Wildman–Crippen LogP) is -0.322. The lowest BCUT2D eigenvalue weighted by Crippen LogP contribution is -2.50. The van der Waals surface area contributed by atoms with Crippen molar-refractivity contribution in [3.63, 3.8) is 0 Å². The van der Waals surface area contributed by atoms with Crippen LogP contribution < -0.4 is 10.6 Å². The fourth-order valence-corrected chi connectivity index (χ4v) is 1.52. The van der Waals surface area contributed by atoms with Crippen LogP contribution in [-0.2, 0) is 11.2 Å². The molecule has 1 aromatic heterocycles. The lowest BCUT2D eigenvalue weighted by Gasteiger charge is -2.25. The summed E-state index contributed by atoms with van der Waals surface area (Å²) in [5, 5.41) is 6.01. The van der Waals surface area contributed by atoms with Gasteiger partial charge in [0.1, 0.15) is 5.82 Å². The minimum Gasteiger partial charge on any atom is -0.356 e. The van der Waals surface area contributed by atoms with Gasteiger partial charge in [-0.15, -0.1) is 0 Å². The Morgan fingerprint density at radius 2 is 2.47 bits per heavy atom. The molecule has 0 saturated carbocycles. The van der Waals surface area contributed by atoms with Crippen LogP contribution in [0.4, 0.5) is 0 Å². The molecule has 0 aliphatic carbocycles. The maximum Gasteiger partial charge on any atom is 0.225 e. The first-order valence-corrected chi connectivity index (χ1v) is 5.33. The number of hydrogen-bond donors (Lipinski definition) is 3. The van der Waals surface area contributed by atoms with Gasteiger partial charge in [0.05, 0.1) is 5.92 Å². The van der Waals surface area contributed by atoms with Gasteiger partial charge in [0.25, 0.3) is 0 Å². The number of carbonyl (C=O) groups excluding carboxylic acids is 1. The van der Waals surface area contributed by atoms with E-state index in [-0.39, 0.29) is 11.8 Å². The van der Waals surface area contributed by atoms with Crippen LogP contribution >= 0.6 is 0 Å². The maximum atomic E-state index is 11.4. The average Bonchev–Trinajstić information content (AvgIpc) is 2.62. The van der Waals surface area contributed by atoms with E-state index in [1.54, 1.807) is 6.20 Å². The molecule has 3 N–H and O–H groups in total. The van der Waals surface area contributed by atoms with E-state index in [1.807, 2.05) is 6.20 Å². The molecule has 2 heterocycles. The molecule has 0 unspecified atom stereocenters. The minimum absolute atomic E-state index is 0.174. The van der Waals surface area contributed by atoms with Gasteiger partial charge in [-0.1, -0.05) is 0 Å². The van der Waals surface area contributed by atoms with Crippen LogP contribution in [0.3, 0.4) is 0 Å². The monoisotopic (exact) mass is 208 g/mol. The van der Waals surface area contributed by atoms with Gasteiger partial charge in [-0.25, -0.2) is 4.98 Å². The van der Waals surface area contributed by atoms with Gasteiger partial charge >= 0.3 is 0 Å². The highest BCUT2D eigenvalue weighted by atomic mass is 16.2. The third-order valence-corrected chi connectivity index (χ3v) is 2.60. The number of aryl methyl sites for hydroxylation is 1. The Kier molecular flexibility index (Phi) is 3.34. The molecule has 0 bridgehead atoms. The van der Waals surface area contributed by atoms with E-state index in [0.717, 1.165) is 38.3 Å². The molecule has 2 rings (SSSR count). The Balaban J connectivity index is 1.56. The second-order valence-electron chi connectivity index (χ2n) is 3.79. The molecular weight excluding hydrogens is 192 g/mol. The normalized spacial score (nSPS) is 16.0. The third kappa shape index (κ3) is 2.79. The Morgan fingerprint density at radius 1 is 1.60 bits per heavy atom. The average molecular weight is 208 g/mol. The van der Waals surface area contributed by atoms with Gasteiger partial charge in [-0.3, -0.25) is 4.79 Å². The number of nitrogens with zero attached hydrogens (tertiary/aromatic N) is 1. The Hall–Kier alpha value is -1.36. The fraction of sp³-hybridized carbons (Fsp3) is 0.600. The number of imidazole rings is 1. The fourth-order valence-electron chi connectivity index (χ4n) is 1.52. The number of nitrogens with one attached hydrogen (secondary N) is 3. The van der Waals surface area contributed by atoms with Crippen molar-refractivity contribution in [2.24, 2.45) is 5.92 Å². The van der Waals surface area contributed by atoms with E-state index in [0.29, 0.717) is 0 Å². The molecule has 1 fully saturated rings. The summed E-state index contributed by atoms with van der Waals surface area (Å²) in [7, 11) is 0. The number of H-pyrrole nitrogens is 1. The maximum absolute atomic E-state index is 11.4. The van der Waals surface area contributed by atoms with E-state index < -0.39 is 0 Å². The molecule has 1 saturated heterocycles. The highest BCUT2D eigenvalue weighted by Gasteiger charge is 2.23. The summed E-state index contributed by atoms with van der Waals surface area (Å²) in [6.07, 6.45) is 5.37. The van der Waals surface area contributed by atoms with Crippen molar-refractivity contribution in [2.75, 3.05) is 19.6 Å². The molecule has 5 heteroatoms. The molecule has 0 spiro atoms. The number of carbonyl (C=O) groups is 1. The largest absolute Gasteiger partial charge is 0.356 e. The number of rotatable bonds is 5. The lowest BCUT2D eigenvalue weighted by atomic mass is 10.0. The SMILES string of the molecule is O=C(NCCCc1ncc[nH]1)C1CNC1. The van der Waals surface area contributed by atoms with Crippen LogP contribution in [-0.4, -0.2) is 35.5 Å². The van der Waals surface area contributed by atoms with Gasteiger partial charge in [0.2, 0.25) is 5.91 Å². The lowest BCUT2D eigenvalue weighted by molar-refractivity contribution is -0.126. The van der Waals surface area contributed by atoms with Gasteiger partial charge in [-0.2, -0.15) is 0 Å². The number of aromatic amines is 1. The molecule has 0 aromatic carbocycles. The summed E-state index contributed by atoms with van der Waals surface area (Å²) in [4.78, 5) is 18.6. The van der Waals surface area contributed by atoms with Gasteiger partial charge in [0, 0.05) is 38.4 Å². The van der Waals surface area contributed by atoms with Crippen molar-refractivity contribution in [2.45, 2.75) is 12.8 Å². The van der Waals surface area contributed by atoms with E-state index >= 15 is 0 Å². The number of aromatic nitrogens is 2. The predicted molar refractivity (Wildman–Crippen MR) is 56.3 cm³/mol. The standard InChI is InChI=1S/C10H16N4O/c15-10(8-6-11-7-8)14-3-1-2-9-12-4-5-13-9/h4-5,8,11H,1-3,6-7H2,(H,12,13)(H,14,15). The third-order valence-electron chi connectivity index (χ3n) is 2.60. The molecule has 0 atom stereocenters.